The predicted octanol–water partition coefficient (Wildman–Crippen LogP) is 3.11. The van der Waals surface area contributed by atoms with Gasteiger partial charge in [0, 0.05) is 12.6 Å². The van der Waals surface area contributed by atoms with Gasteiger partial charge >= 0.3 is 0 Å². The van der Waals surface area contributed by atoms with E-state index in [0.29, 0.717) is 12.1 Å². The quantitative estimate of drug-likeness (QED) is 0.626. The summed E-state index contributed by atoms with van der Waals surface area (Å²) in [6.07, 6.45) is 9.78. The number of hydrogen-bond acceptors (Lipinski definition) is 2. The summed E-state index contributed by atoms with van der Waals surface area (Å²) in [6.45, 7) is 6.42. The van der Waals surface area contributed by atoms with Crippen LogP contribution in [0.4, 0.5) is 0 Å². The number of rotatable bonds is 8. The van der Waals surface area contributed by atoms with Crippen molar-refractivity contribution in [1.82, 2.24) is 5.32 Å². The van der Waals surface area contributed by atoms with Crippen molar-refractivity contribution >= 4 is 0 Å². The molecule has 1 aliphatic rings. The summed E-state index contributed by atoms with van der Waals surface area (Å²) in [5, 5.41) is 3.52. The molecule has 1 atom stereocenters. The van der Waals surface area contributed by atoms with Gasteiger partial charge in [-0.1, -0.05) is 32.6 Å². The molecule has 1 aliphatic carbocycles. The maximum atomic E-state index is 5.80. The molecule has 1 unspecified atom stereocenters. The SMILES string of the molecule is CCCCC(C)NCCOC1CCCC1. The number of hydrogen-bond donors (Lipinski definition) is 1. The zero-order valence-electron chi connectivity index (χ0n) is 10.4. The molecule has 0 bridgehead atoms. The predicted molar refractivity (Wildman–Crippen MR) is 65.2 cm³/mol. The topological polar surface area (TPSA) is 21.3 Å². The van der Waals surface area contributed by atoms with Crippen molar-refractivity contribution in [2.45, 2.75) is 70.9 Å². The lowest BCUT2D eigenvalue weighted by atomic mass is 10.1. The Morgan fingerprint density at radius 1 is 1.33 bits per heavy atom. The minimum absolute atomic E-state index is 0.567. The van der Waals surface area contributed by atoms with Gasteiger partial charge in [-0.05, 0) is 26.2 Å². The van der Waals surface area contributed by atoms with Gasteiger partial charge in [0.15, 0.2) is 0 Å². The molecule has 90 valence electrons. The Morgan fingerprint density at radius 2 is 2.07 bits per heavy atom. The fourth-order valence-corrected chi connectivity index (χ4v) is 2.20. The summed E-state index contributed by atoms with van der Waals surface area (Å²) < 4.78 is 5.80. The number of ether oxygens (including phenoxy) is 1. The highest BCUT2D eigenvalue weighted by molar-refractivity contribution is 4.67. The van der Waals surface area contributed by atoms with E-state index in [1.165, 1.54) is 44.9 Å². The van der Waals surface area contributed by atoms with E-state index in [2.05, 4.69) is 19.2 Å². The Kier molecular flexibility index (Phi) is 7.03. The van der Waals surface area contributed by atoms with Crippen LogP contribution in [0.15, 0.2) is 0 Å². The lowest BCUT2D eigenvalue weighted by Gasteiger charge is -2.15. The largest absolute Gasteiger partial charge is 0.377 e. The van der Waals surface area contributed by atoms with E-state index in [9.17, 15) is 0 Å². The van der Waals surface area contributed by atoms with Crippen LogP contribution < -0.4 is 5.32 Å². The average Bonchev–Trinajstić information content (AvgIpc) is 2.74. The van der Waals surface area contributed by atoms with E-state index in [1.807, 2.05) is 0 Å². The summed E-state index contributed by atoms with van der Waals surface area (Å²) in [6, 6.07) is 0.650. The van der Waals surface area contributed by atoms with Crippen molar-refractivity contribution in [1.29, 1.82) is 0 Å². The highest BCUT2D eigenvalue weighted by Crippen LogP contribution is 2.20. The summed E-state index contributed by atoms with van der Waals surface area (Å²) in [4.78, 5) is 0. The Hall–Kier alpha value is -0.0800. The van der Waals surface area contributed by atoms with Gasteiger partial charge in [-0.15, -0.1) is 0 Å². The molecule has 2 heteroatoms. The highest BCUT2D eigenvalue weighted by atomic mass is 16.5. The van der Waals surface area contributed by atoms with E-state index < -0.39 is 0 Å². The molecule has 1 N–H and O–H groups in total. The van der Waals surface area contributed by atoms with Gasteiger partial charge in [0.2, 0.25) is 0 Å². The van der Waals surface area contributed by atoms with Gasteiger partial charge in [0.1, 0.15) is 0 Å². The van der Waals surface area contributed by atoms with E-state index in [-0.39, 0.29) is 0 Å². The lowest BCUT2D eigenvalue weighted by Crippen LogP contribution is -2.30. The molecule has 15 heavy (non-hydrogen) atoms. The summed E-state index contributed by atoms with van der Waals surface area (Å²) in [5.74, 6) is 0. The fourth-order valence-electron chi connectivity index (χ4n) is 2.20. The fraction of sp³-hybridized carbons (Fsp3) is 1.00. The second-order valence-electron chi connectivity index (χ2n) is 4.77. The van der Waals surface area contributed by atoms with Crippen LogP contribution in [0.1, 0.15) is 58.8 Å². The van der Waals surface area contributed by atoms with Gasteiger partial charge < -0.3 is 10.1 Å². The van der Waals surface area contributed by atoms with E-state index in [1.54, 1.807) is 0 Å². The Bertz CT molecular complexity index is 143. The molecule has 0 saturated heterocycles. The van der Waals surface area contributed by atoms with Gasteiger partial charge in [0.25, 0.3) is 0 Å². The molecule has 0 radical (unpaired) electrons. The third-order valence-corrected chi connectivity index (χ3v) is 3.24. The number of nitrogens with one attached hydrogen (secondary N) is 1. The monoisotopic (exact) mass is 213 g/mol. The molecule has 0 heterocycles. The van der Waals surface area contributed by atoms with Crippen LogP contribution in [0, 0.1) is 0 Å². The van der Waals surface area contributed by atoms with Crippen molar-refractivity contribution in [2.75, 3.05) is 13.2 Å². The van der Waals surface area contributed by atoms with Crippen LogP contribution in [0.5, 0.6) is 0 Å². The minimum atomic E-state index is 0.567. The van der Waals surface area contributed by atoms with Crippen molar-refractivity contribution in [3.05, 3.63) is 0 Å². The van der Waals surface area contributed by atoms with Crippen molar-refractivity contribution in [3.63, 3.8) is 0 Å². The zero-order valence-corrected chi connectivity index (χ0v) is 10.4. The second kappa shape index (κ2) is 8.12. The van der Waals surface area contributed by atoms with Crippen LogP contribution in [-0.4, -0.2) is 25.3 Å². The molecule has 1 saturated carbocycles. The molecule has 0 amide bonds. The first-order chi connectivity index (χ1) is 7.33. The standard InChI is InChI=1S/C13H27NO/c1-3-4-7-12(2)14-10-11-15-13-8-5-6-9-13/h12-14H,3-11H2,1-2H3. The minimum Gasteiger partial charge on any atom is -0.377 e. The normalized spacial score (nSPS) is 19.6. The van der Waals surface area contributed by atoms with Crippen molar-refractivity contribution in [3.8, 4) is 0 Å². The third kappa shape index (κ3) is 6.16. The summed E-state index contributed by atoms with van der Waals surface area (Å²) >= 11 is 0. The first-order valence-corrected chi connectivity index (χ1v) is 6.68. The molecule has 0 aromatic carbocycles. The van der Waals surface area contributed by atoms with Crippen LogP contribution in [-0.2, 0) is 4.74 Å². The van der Waals surface area contributed by atoms with E-state index >= 15 is 0 Å². The molecule has 0 aromatic heterocycles. The number of unbranched alkanes of at least 4 members (excludes halogenated alkanes) is 1. The van der Waals surface area contributed by atoms with Crippen LogP contribution in [0.3, 0.4) is 0 Å². The molecule has 0 aliphatic heterocycles. The van der Waals surface area contributed by atoms with Gasteiger partial charge in [0.05, 0.1) is 12.7 Å². The van der Waals surface area contributed by atoms with E-state index in [4.69, 9.17) is 4.74 Å². The highest BCUT2D eigenvalue weighted by Gasteiger charge is 2.14. The second-order valence-corrected chi connectivity index (χ2v) is 4.77. The van der Waals surface area contributed by atoms with Gasteiger partial charge in [-0.25, -0.2) is 0 Å². The first-order valence-electron chi connectivity index (χ1n) is 6.68. The zero-order chi connectivity index (χ0) is 10.9. The Labute approximate surface area is 94.8 Å². The third-order valence-electron chi connectivity index (χ3n) is 3.24. The lowest BCUT2D eigenvalue weighted by molar-refractivity contribution is 0.0592. The van der Waals surface area contributed by atoms with Crippen LogP contribution in [0.2, 0.25) is 0 Å². The molecular weight excluding hydrogens is 186 g/mol. The molecular formula is C13H27NO. The van der Waals surface area contributed by atoms with Gasteiger partial charge in [-0.2, -0.15) is 0 Å². The molecule has 1 rings (SSSR count). The van der Waals surface area contributed by atoms with Gasteiger partial charge in [-0.3, -0.25) is 0 Å². The molecule has 2 nitrogen and oxygen atoms in total. The average molecular weight is 213 g/mol. The maximum Gasteiger partial charge on any atom is 0.0594 e. The summed E-state index contributed by atoms with van der Waals surface area (Å²) in [5.41, 5.74) is 0. The van der Waals surface area contributed by atoms with Crippen molar-refractivity contribution in [2.24, 2.45) is 0 Å². The smallest absolute Gasteiger partial charge is 0.0594 e. The Morgan fingerprint density at radius 3 is 2.73 bits per heavy atom. The van der Waals surface area contributed by atoms with Crippen LogP contribution >= 0.6 is 0 Å². The molecule has 0 spiro atoms. The van der Waals surface area contributed by atoms with Crippen molar-refractivity contribution < 1.29 is 4.74 Å². The maximum absolute atomic E-state index is 5.80. The molecule has 0 aromatic rings. The first kappa shape index (κ1) is 13.0. The van der Waals surface area contributed by atoms with E-state index in [0.717, 1.165) is 13.2 Å². The summed E-state index contributed by atoms with van der Waals surface area (Å²) in [7, 11) is 0. The molecule has 1 fully saturated rings. The van der Waals surface area contributed by atoms with Crippen LogP contribution in [0.25, 0.3) is 0 Å². The Balaban J connectivity index is 1.87.